The number of hydrogen-bond acceptors (Lipinski definition) is 4. The summed E-state index contributed by atoms with van der Waals surface area (Å²) in [6.07, 6.45) is 1.48. The first kappa shape index (κ1) is 15.6. The molecular formula is C15H18ClN3O2. The van der Waals surface area contributed by atoms with E-state index in [1.165, 1.54) is 6.26 Å². The van der Waals surface area contributed by atoms with Crippen LogP contribution in [0.15, 0.2) is 41.0 Å². The van der Waals surface area contributed by atoms with Crippen molar-refractivity contribution in [3.63, 3.8) is 0 Å². The third kappa shape index (κ3) is 3.44. The van der Waals surface area contributed by atoms with Gasteiger partial charge in [0.1, 0.15) is 0 Å². The van der Waals surface area contributed by atoms with E-state index in [0.29, 0.717) is 6.54 Å². The van der Waals surface area contributed by atoms with E-state index in [9.17, 15) is 4.79 Å². The number of hydrazine groups is 1. The molecule has 0 saturated carbocycles. The van der Waals surface area contributed by atoms with Crippen LogP contribution in [-0.2, 0) is 6.54 Å². The lowest BCUT2D eigenvalue weighted by Gasteiger charge is -2.25. The number of hydrogen-bond donors (Lipinski definition) is 2. The van der Waals surface area contributed by atoms with Gasteiger partial charge in [-0.25, -0.2) is 5.84 Å². The average molecular weight is 308 g/mol. The quantitative estimate of drug-likeness (QED) is 0.506. The number of carbonyl (C=O) groups is 1. The molecule has 5 nitrogen and oxygen atoms in total. The average Bonchev–Trinajstić information content (AvgIpc) is 2.94. The molecule has 0 aliphatic heterocycles. The molecule has 0 saturated heterocycles. The number of amides is 1. The number of nitrogens with two attached hydrogens (primary N) is 1. The zero-order chi connectivity index (χ0) is 15.4. The van der Waals surface area contributed by atoms with Gasteiger partial charge < -0.3 is 4.42 Å². The lowest BCUT2D eigenvalue weighted by Crippen LogP contribution is -2.31. The summed E-state index contributed by atoms with van der Waals surface area (Å²) in [6, 6.07) is 9.58. The fourth-order valence-corrected chi connectivity index (χ4v) is 2.48. The van der Waals surface area contributed by atoms with Crippen LogP contribution in [0.25, 0.3) is 0 Å². The van der Waals surface area contributed by atoms with Gasteiger partial charge in [-0.2, -0.15) is 0 Å². The molecule has 3 N–H and O–H groups in total. The Morgan fingerprint density at radius 2 is 2.14 bits per heavy atom. The number of furan rings is 1. The molecule has 1 amide bonds. The molecule has 0 radical (unpaired) electrons. The monoisotopic (exact) mass is 307 g/mol. The topological polar surface area (TPSA) is 71.5 Å². The Kier molecular flexibility index (Phi) is 5.01. The van der Waals surface area contributed by atoms with Crippen molar-refractivity contribution in [1.29, 1.82) is 0 Å². The lowest BCUT2D eigenvalue weighted by molar-refractivity contribution is 0.0922. The number of nitrogens with one attached hydrogen (secondary N) is 1. The Hall–Kier alpha value is -1.82. The van der Waals surface area contributed by atoms with E-state index in [1.807, 2.05) is 31.3 Å². The summed E-state index contributed by atoms with van der Waals surface area (Å²) < 4.78 is 5.18. The van der Waals surface area contributed by atoms with Crippen LogP contribution in [-0.4, -0.2) is 17.9 Å². The van der Waals surface area contributed by atoms with Crippen molar-refractivity contribution in [3.8, 4) is 0 Å². The SMILES string of the molecule is CC(c1ccccc1Cl)N(C)Cc1ccoc1C(=O)NN. The number of halogens is 1. The first-order valence-electron chi connectivity index (χ1n) is 6.56. The Morgan fingerprint density at radius 1 is 1.43 bits per heavy atom. The predicted octanol–water partition coefficient (Wildman–Crippen LogP) is 2.73. The van der Waals surface area contributed by atoms with Gasteiger partial charge in [-0.15, -0.1) is 0 Å². The van der Waals surface area contributed by atoms with Crippen LogP contribution >= 0.6 is 11.6 Å². The zero-order valence-electron chi connectivity index (χ0n) is 12.0. The van der Waals surface area contributed by atoms with Gasteiger partial charge in [0.25, 0.3) is 0 Å². The zero-order valence-corrected chi connectivity index (χ0v) is 12.7. The van der Waals surface area contributed by atoms with E-state index in [0.717, 1.165) is 16.1 Å². The third-order valence-electron chi connectivity index (χ3n) is 3.52. The maximum atomic E-state index is 11.6. The molecule has 1 heterocycles. The van der Waals surface area contributed by atoms with E-state index in [-0.39, 0.29) is 11.8 Å². The van der Waals surface area contributed by atoms with Gasteiger partial charge in [0.15, 0.2) is 5.76 Å². The van der Waals surface area contributed by atoms with Gasteiger partial charge in [-0.05, 0) is 31.7 Å². The van der Waals surface area contributed by atoms with Gasteiger partial charge in [0.2, 0.25) is 0 Å². The van der Waals surface area contributed by atoms with Crippen molar-refractivity contribution >= 4 is 17.5 Å². The molecule has 0 fully saturated rings. The molecule has 1 atom stereocenters. The molecule has 0 bridgehead atoms. The Bertz CT molecular complexity index is 627. The summed E-state index contributed by atoms with van der Waals surface area (Å²) in [5.41, 5.74) is 3.89. The van der Waals surface area contributed by atoms with E-state index in [1.54, 1.807) is 6.07 Å². The Balaban J connectivity index is 2.15. The first-order valence-corrected chi connectivity index (χ1v) is 6.94. The van der Waals surface area contributed by atoms with Crippen molar-refractivity contribution in [1.82, 2.24) is 10.3 Å². The molecule has 0 aliphatic rings. The number of carbonyl (C=O) groups excluding carboxylic acids is 1. The highest BCUT2D eigenvalue weighted by molar-refractivity contribution is 6.31. The minimum Gasteiger partial charge on any atom is -0.459 e. The molecular weight excluding hydrogens is 290 g/mol. The number of nitrogen functional groups attached to an aromatic ring is 1. The second-order valence-corrected chi connectivity index (χ2v) is 5.27. The molecule has 6 heteroatoms. The Morgan fingerprint density at radius 3 is 2.81 bits per heavy atom. The van der Waals surface area contributed by atoms with Gasteiger partial charge in [-0.1, -0.05) is 29.8 Å². The van der Waals surface area contributed by atoms with Gasteiger partial charge >= 0.3 is 5.91 Å². The van der Waals surface area contributed by atoms with Crippen molar-refractivity contribution in [3.05, 3.63) is 58.5 Å². The fraction of sp³-hybridized carbons (Fsp3) is 0.267. The van der Waals surface area contributed by atoms with Crippen LogP contribution in [0.4, 0.5) is 0 Å². The van der Waals surface area contributed by atoms with Crippen molar-refractivity contribution < 1.29 is 9.21 Å². The van der Waals surface area contributed by atoms with Crippen LogP contribution in [0.1, 0.15) is 34.6 Å². The van der Waals surface area contributed by atoms with Gasteiger partial charge in [0.05, 0.1) is 6.26 Å². The molecule has 2 aromatic rings. The van der Waals surface area contributed by atoms with Crippen LogP contribution in [0.5, 0.6) is 0 Å². The molecule has 21 heavy (non-hydrogen) atoms. The molecule has 1 unspecified atom stereocenters. The second kappa shape index (κ2) is 6.76. The highest BCUT2D eigenvalue weighted by Crippen LogP contribution is 2.27. The van der Waals surface area contributed by atoms with E-state index in [2.05, 4.69) is 17.2 Å². The molecule has 2 rings (SSSR count). The lowest BCUT2D eigenvalue weighted by atomic mass is 10.1. The maximum absolute atomic E-state index is 11.6. The largest absolute Gasteiger partial charge is 0.459 e. The van der Waals surface area contributed by atoms with E-state index in [4.69, 9.17) is 21.9 Å². The second-order valence-electron chi connectivity index (χ2n) is 4.86. The first-order chi connectivity index (χ1) is 10.0. The fourth-order valence-electron chi connectivity index (χ4n) is 2.18. The molecule has 112 valence electrons. The summed E-state index contributed by atoms with van der Waals surface area (Å²) in [7, 11) is 1.96. The van der Waals surface area contributed by atoms with E-state index < -0.39 is 5.91 Å². The maximum Gasteiger partial charge on any atom is 0.301 e. The molecule has 1 aromatic carbocycles. The van der Waals surface area contributed by atoms with Crippen molar-refractivity contribution in [2.75, 3.05) is 7.05 Å². The van der Waals surface area contributed by atoms with Crippen LogP contribution in [0.2, 0.25) is 5.02 Å². The van der Waals surface area contributed by atoms with Gasteiger partial charge in [-0.3, -0.25) is 15.1 Å². The summed E-state index contributed by atoms with van der Waals surface area (Å²) in [6.45, 7) is 2.61. The van der Waals surface area contributed by atoms with Crippen LogP contribution < -0.4 is 11.3 Å². The van der Waals surface area contributed by atoms with Gasteiger partial charge in [0, 0.05) is 23.2 Å². The summed E-state index contributed by atoms with van der Waals surface area (Å²) in [5.74, 6) is 4.94. The smallest absolute Gasteiger partial charge is 0.301 e. The highest BCUT2D eigenvalue weighted by atomic mass is 35.5. The van der Waals surface area contributed by atoms with Crippen LogP contribution in [0, 0.1) is 0 Å². The van der Waals surface area contributed by atoms with Crippen molar-refractivity contribution in [2.24, 2.45) is 5.84 Å². The number of rotatable bonds is 5. The summed E-state index contributed by atoms with van der Waals surface area (Å²) in [4.78, 5) is 13.7. The summed E-state index contributed by atoms with van der Waals surface area (Å²) in [5, 5.41) is 0.726. The minimum absolute atomic E-state index is 0.0994. The standard InChI is InChI=1S/C15H18ClN3O2/c1-10(12-5-3-4-6-13(12)16)19(2)9-11-7-8-21-14(11)15(20)18-17/h3-8,10H,9,17H2,1-2H3,(H,18,20). The molecule has 1 aromatic heterocycles. The summed E-state index contributed by atoms with van der Waals surface area (Å²) >= 11 is 6.22. The predicted molar refractivity (Wildman–Crippen MR) is 81.7 cm³/mol. The number of benzene rings is 1. The van der Waals surface area contributed by atoms with Crippen LogP contribution in [0.3, 0.4) is 0 Å². The number of nitrogens with zero attached hydrogens (tertiary/aromatic N) is 1. The molecule has 0 aliphatic carbocycles. The highest BCUT2D eigenvalue weighted by Gasteiger charge is 2.19. The van der Waals surface area contributed by atoms with E-state index >= 15 is 0 Å². The molecule has 0 spiro atoms. The Labute approximate surface area is 128 Å². The normalized spacial score (nSPS) is 12.4. The third-order valence-corrected chi connectivity index (χ3v) is 3.86. The van der Waals surface area contributed by atoms with Crippen molar-refractivity contribution in [2.45, 2.75) is 19.5 Å². The minimum atomic E-state index is -0.436.